The van der Waals surface area contributed by atoms with Crippen LogP contribution < -0.4 is 0 Å². The van der Waals surface area contributed by atoms with Gasteiger partial charge in [0, 0.05) is 12.3 Å². The number of rotatable bonds is 1. The quantitative estimate of drug-likeness (QED) is 0.600. The van der Waals surface area contributed by atoms with E-state index in [0.717, 1.165) is 17.0 Å². The Kier molecular flexibility index (Phi) is 2.48. The summed E-state index contributed by atoms with van der Waals surface area (Å²) in [5, 5.41) is 14.5. The van der Waals surface area contributed by atoms with Gasteiger partial charge >= 0.3 is 0 Å². The van der Waals surface area contributed by atoms with E-state index >= 15 is 0 Å². The lowest BCUT2D eigenvalue weighted by Crippen LogP contribution is -1.97. The van der Waals surface area contributed by atoms with Gasteiger partial charge < -0.3 is 5.21 Å². The Morgan fingerprint density at radius 3 is 2.71 bits per heavy atom. The summed E-state index contributed by atoms with van der Waals surface area (Å²) in [4.78, 5) is 1.14. The molecule has 1 atom stereocenters. The summed E-state index contributed by atoms with van der Waals surface area (Å²) in [5.74, 6) is 0.350. The number of fused-ring (bicyclic) bond motifs is 1. The van der Waals surface area contributed by atoms with Crippen LogP contribution in [0.4, 0.5) is 0 Å². The molecule has 0 spiro atoms. The van der Waals surface area contributed by atoms with E-state index in [4.69, 9.17) is 5.21 Å². The van der Waals surface area contributed by atoms with E-state index in [1.165, 1.54) is 16.7 Å². The lowest BCUT2D eigenvalue weighted by Gasteiger charge is -2.10. The van der Waals surface area contributed by atoms with Crippen LogP contribution in [0.2, 0.25) is 0 Å². The van der Waals surface area contributed by atoms with Crippen LogP contribution >= 0.6 is 11.3 Å². The van der Waals surface area contributed by atoms with Crippen LogP contribution in [0.15, 0.2) is 40.9 Å². The molecule has 0 saturated heterocycles. The average molecular weight is 243 g/mol. The van der Waals surface area contributed by atoms with Crippen LogP contribution in [-0.4, -0.2) is 10.9 Å². The van der Waals surface area contributed by atoms with Crippen molar-refractivity contribution in [1.82, 2.24) is 0 Å². The largest absolute Gasteiger partial charge is 0.411 e. The first-order valence-electron chi connectivity index (χ1n) is 5.65. The van der Waals surface area contributed by atoms with Crippen molar-refractivity contribution in [3.05, 3.63) is 57.3 Å². The fraction of sp³-hybridized carbons (Fsp3) is 0.214. The standard InChI is InChI=1S/C14H13NOS/c1-9-2-4-10(5-3-9)12-8-13(15-16)14-11(12)6-7-17-14/h2-7,12,16H,8H2,1H3. The fourth-order valence-electron chi connectivity index (χ4n) is 2.41. The molecule has 0 saturated carbocycles. The summed E-state index contributed by atoms with van der Waals surface area (Å²) in [5.41, 5.74) is 4.69. The molecule has 86 valence electrons. The number of thiophene rings is 1. The maximum absolute atomic E-state index is 9.03. The van der Waals surface area contributed by atoms with Gasteiger partial charge in [-0.3, -0.25) is 0 Å². The molecule has 0 bridgehead atoms. The minimum absolute atomic E-state index is 0.350. The van der Waals surface area contributed by atoms with Crippen molar-refractivity contribution in [2.45, 2.75) is 19.3 Å². The molecule has 1 aromatic carbocycles. The van der Waals surface area contributed by atoms with Crippen molar-refractivity contribution in [3.63, 3.8) is 0 Å². The third-order valence-electron chi connectivity index (χ3n) is 3.33. The Morgan fingerprint density at radius 2 is 2.00 bits per heavy atom. The lowest BCUT2D eigenvalue weighted by atomic mass is 9.94. The van der Waals surface area contributed by atoms with Crippen molar-refractivity contribution >= 4 is 17.0 Å². The Bertz CT molecular complexity index is 568. The second kappa shape index (κ2) is 4.00. The molecule has 1 aliphatic rings. The molecule has 3 heteroatoms. The fourth-order valence-corrected chi connectivity index (χ4v) is 3.36. The summed E-state index contributed by atoms with van der Waals surface area (Å²) < 4.78 is 0. The summed E-state index contributed by atoms with van der Waals surface area (Å²) in [6, 6.07) is 10.7. The van der Waals surface area contributed by atoms with Gasteiger partial charge in [0.2, 0.25) is 0 Å². The van der Waals surface area contributed by atoms with Crippen LogP contribution in [0.3, 0.4) is 0 Å². The molecule has 0 radical (unpaired) electrons. The van der Waals surface area contributed by atoms with Gasteiger partial charge in [0.15, 0.2) is 0 Å². The predicted octanol–water partition coefficient (Wildman–Crippen LogP) is 3.77. The van der Waals surface area contributed by atoms with Gasteiger partial charge in [-0.2, -0.15) is 0 Å². The van der Waals surface area contributed by atoms with Gasteiger partial charge in [-0.25, -0.2) is 0 Å². The van der Waals surface area contributed by atoms with E-state index < -0.39 is 0 Å². The van der Waals surface area contributed by atoms with Gasteiger partial charge in [0.05, 0.1) is 10.6 Å². The summed E-state index contributed by atoms with van der Waals surface area (Å²) in [7, 11) is 0. The second-order valence-electron chi connectivity index (χ2n) is 4.42. The number of nitrogens with zero attached hydrogens (tertiary/aromatic N) is 1. The normalized spacial score (nSPS) is 20.8. The van der Waals surface area contributed by atoms with Gasteiger partial charge in [0.25, 0.3) is 0 Å². The minimum Gasteiger partial charge on any atom is -0.411 e. The third-order valence-corrected chi connectivity index (χ3v) is 4.31. The highest BCUT2D eigenvalue weighted by Gasteiger charge is 2.30. The molecule has 3 rings (SSSR count). The van der Waals surface area contributed by atoms with Crippen LogP contribution in [0, 0.1) is 6.92 Å². The molecule has 17 heavy (non-hydrogen) atoms. The Balaban J connectivity index is 2.05. The highest BCUT2D eigenvalue weighted by Crippen LogP contribution is 2.41. The van der Waals surface area contributed by atoms with E-state index in [1.807, 2.05) is 0 Å². The molecular weight excluding hydrogens is 230 g/mol. The maximum Gasteiger partial charge on any atom is 0.0979 e. The van der Waals surface area contributed by atoms with E-state index in [0.29, 0.717) is 5.92 Å². The van der Waals surface area contributed by atoms with Crippen molar-refractivity contribution in [2.24, 2.45) is 5.16 Å². The minimum atomic E-state index is 0.350. The van der Waals surface area contributed by atoms with E-state index in [1.54, 1.807) is 11.3 Å². The summed E-state index contributed by atoms with van der Waals surface area (Å²) in [6.07, 6.45) is 0.807. The zero-order valence-electron chi connectivity index (χ0n) is 9.55. The second-order valence-corrected chi connectivity index (χ2v) is 5.34. The molecule has 2 aromatic rings. The number of hydrogen-bond acceptors (Lipinski definition) is 3. The van der Waals surface area contributed by atoms with Crippen LogP contribution in [-0.2, 0) is 0 Å². The zero-order chi connectivity index (χ0) is 11.8. The highest BCUT2D eigenvalue weighted by molar-refractivity contribution is 7.12. The molecule has 1 N–H and O–H groups in total. The predicted molar refractivity (Wildman–Crippen MR) is 70.3 cm³/mol. The van der Waals surface area contributed by atoms with Gasteiger partial charge in [-0.1, -0.05) is 35.0 Å². The van der Waals surface area contributed by atoms with Crippen LogP contribution in [0.25, 0.3) is 0 Å². The number of hydrogen-bond donors (Lipinski definition) is 1. The van der Waals surface area contributed by atoms with Crippen molar-refractivity contribution < 1.29 is 5.21 Å². The van der Waals surface area contributed by atoms with E-state index in [2.05, 4.69) is 47.8 Å². The van der Waals surface area contributed by atoms with Crippen LogP contribution in [0.5, 0.6) is 0 Å². The topological polar surface area (TPSA) is 32.6 Å². The monoisotopic (exact) mass is 243 g/mol. The summed E-state index contributed by atoms with van der Waals surface area (Å²) in [6.45, 7) is 2.09. The van der Waals surface area contributed by atoms with Crippen molar-refractivity contribution in [3.8, 4) is 0 Å². The van der Waals surface area contributed by atoms with Crippen molar-refractivity contribution in [1.29, 1.82) is 0 Å². The molecule has 1 unspecified atom stereocenters. The number of oxime groups is 1. The average Bonchev–Trinajstić information content (AvgIpc) is 2.91. The summed E-state index contributed by atoms with van der Waals surface area (Å²) >= 11 is 1.66. The van der Waals surface area contributed by atoms with Gasteiger partial charge in [-0.05, 0) is 29.5 Å². The molecule has 0 amide bonds. The van der Waals surface area contributed by atoms with Crippen LogP contribution in [0.1, 0.15) is 33.9 Å². The molecular formula is C14H13NOS. The first-order chi connectivity index (χ1) is 8.29. The SMILES string of the molecule is Cc1ccc(C2CC(=NO)c3sccc32)cc1. The molecule has 1 heterocycles. The Morgan fingerprint density at radius 1 is 1.24 bits per heavy atom. The third kappa shape index (κ3) is 1.67. The van der Waals surface area contributed by atoms with E-state index in [-0.39, 0.29) is 0 Å². The maximum atomic E-state index is 9.03. The first-order valence-corrected chi connectivity index (χ1v) is 6.53. The first kappa shape index (κ1) is 10.5. The zero-order valence-corrected chi connectivity index (χ0v) is 10.4. The highest BCUT2D eigenvalue weighted by atomic mass is 32.1. The lowest BCUT2D eigenvalue weighted by molar-refractivity contribution is 0.318. The number of aryl methyl sites for hydroxylation is 1. The van der Waals surface area contributed by atoms with Gasteiger partial charge in [0.1, 0.15) is 0 Å². The smallest absolute Gasteiger partial charge is 0.0979 e. The molecule has 0 fully saturated rings. The molecule has 1 aromatic heterocycles. The number of benzene rings is 1. The van der Waals surface area contributed by atoms with Gasteiger partial charge in [-0.15, -0.1) is 11.3 Å². The Hall–Kier alpha value is -1.61. The Labute approximate surface area is 104 Å². The molecule has 2 nitrogen and oxygen atoms in total. The van der Waals surface area contributed by atoms with E-state index in [9.17, 15) is 0 Å². The molecule has 0 aliphatic heterocycles. The molecule has 1 aliphatic carbocycles. The van der Waals surface area contributed by atoms with Crippen molar-refractivity contribution in [2.75, 3.05) is 0 Å².